The van der Waals surface area contributed by atoms with Crippen LogP contribution in [-0.4, -0.2) is 24.4 Å². The average Bonchev–Trinajstić information content (AvgIpc) is 2.73. The number of carbonyl (C=O) groups is 1. The highest BCUT2D eigenvalue weighted by Crippen LogP contribution is 2.29. The molecular formula is C13H15NO3. The number of oxime groups is 1. The van der Waals surface area contributed by atoms with Crippen LogP contribution in [-0.2, 0) is 14.4 Å². The van der Waals surface area contributed by atoms with E-state index in [2.05, 4.69) is 5.16 Å². The Morgan fingerprint density at radius 1 is 1.41 bits per heavy atom. The number of rotatable bonds is 3. The quantitative estimate of drug-likeness (QED) is 0.751. The fraction of sp³-hybridized carbons (Fsp3) is 0.385. The van der Waals surface area contributed by atoms with Gasteiger partial charge in [-0.2, -0.15) is 0 Å². The lowest BCUT2D eigenvalue weighted by Crippen LogP contribution is -2.30. The first-order valence-corrected chi connectivity index (χ1v) is 5.66. The summed E-state index contributed by atoms with van der Waals surface area (Å²) in [5.74, 6) is -0.503. The topological polar surface area (TPSA) is 47.9 Å². The second-order valence-electron chi connectivity index (χ2n) is 3.90. The number of benzene rings is 1. The van der Waals surface area contributed by atoms with Crippen LogP contribution in [0.25, 0.3) is 0 Å². The molecule has 4 heteroatoms. The van der Waals surface area contributed by atoms with Gasteiger partial charge in [-0.3, -0.25) is 0 Å². The summed E-state index contributed by atoms with van der Waals surface area (Å²) < 4.78 is 4.99. The summed E-state index contributed by atoms with van der Waals surface area (Å²) in [5, 5.41) is 3.89. The maximum atomic E-state index is 11.8. The molecule has 17 heavy (non-hydrogen) atoms. The highest BCUT2D eigenvalue weighted by atomic mass is 16.7. The molecule has 4 nitrogen and oxygen atoms in total. The van der Waals surface area contributed by atoms with Gasteiger partial charge in [0.05, 0.1) is 18.2 Å². The highest BCUT2D eigenvalue weighted by molar-refractivity contribution is 5.95. The molecule has 2 unspecified atom stereocenters. The number of hydrogen-bond acceptors (Lipinski definition) is 4. The standard InChI is InChI=1S/C13H15NO3/c1-3-16-13(15)12-11(9(2)14-17-12)10-7-5-4-6-8-10/h4-8,11-12H,3H2,1-2H3. The van der Waals surface area contributed by atoms with Gasteiger partial charge >= 0.3 is 5.97 Å². The molecule has 0 aromatic heterocycles. The van der Waals surface area contributed by atoms with Crippen molar-refractivity contribution in [1.29, 1.82) is 0 Å². The molecule has 0 spiro atoms. The minimum atomic E-state index is -0.655. The van der Waals surface area contributed by atoms with E-state index in [-0.39, 0.29) is 11.9 Å². The molecule has 0 fully saturated rings. The van der Waals surface area contributed by atoms with Gasteiger partial charge in [0.15, 0.2) is 0 Å². The Balaban J connectivity index is 2.23. The summed E-state index contributed by atoms with van der Waals surface area (Å²) in [7, 11) is 0. The SMILES string of the molecule is CCOC(=O)C1ON=C(C)C1c1ccccc1. The van der Waals surface area contributed by atoms with Gasteiger partial charge in [0, 0.05) is 0 Å². The summed E-state index contributed by atoms with van der Waals surface area (Å²) >= 11 is 0. The van der Waals surface area contributed by atoms with Crippen molar-refractivity contribution < 1.29 is 14.4 Å². The first-order valence-electron chi connectivity index (χ1n) is 5.66. The summed E-state index contributed by atoms with van der Waals surface area (Å²) in [6.45, 7) is 3.98. The van der Waals surface area contributed by atoms with Crippen molar-refractivity contribution >= 4 is 11.7 Å². The normalized spacial score (nSPS) is 22.8. The zero-order valence-corrected chi connectivity index (χ0v) is 9.92. The zero-order valence-electron chi connectivity index (χ0n) is 9.92. The first-order chi connectivity index (χ1) is 8.24. The first kappa shape index (κ1) is 11.6. The van der Waals surface area contributed by atoms with Crippen molar-refractivity contribution in [3.05, 3.63) is 35.9 Å². The molecule has 0 aliphatic carbocycles. The molecule has 2 atom stereocenters. The van der Waals surface area contributed by atoms with Gasteiger partial charge in [-0.15, -0.1) is 0 Å². The van der Waals surface area contributed by atoms with Crippen molar-refractivity contribution in [1.82, 2.24) is 0 Å². The predicted octanol–water partition coefficient (Wildman–Crippen LogP) is 2.11. The molecule has 1 aromatic rings. The fourth-order valence-electron chi connectivity index (χ4n) is 1.96. The molecule has 90 valence electrons. The highest BCUT2D eigenvalue weighted by Gasteiger charge is 2.39. The number of hydrogen-bond donors (Lipinski definition) is 0. The lowest BCUT2D eigenvalue weighted by atomic mass is 9.90. The van der Waals surface area contributed by atoms with Crippen LogP contribution in [0.4, 0.5) is 0 Å². The largest absolute Gasteiger partial charge is 0.463 e. The van der Waals surface area contributed by atoms with Crippen LogP contribution in [0.3, 0.4) is 0 Å². The van der Waals surface area contributed by atoms with Crippen LogP contribution >= 0.6 is 0 Å². The van der Waals surface area contributed by atoms with E-state index in [0.717, 1.165) is 11.3 Å². The molecule has 0 saturated heterocycles. The number of ether oxygens (including phenoxy) is 1. The van der Waals surface area contributed by atoms with Crippen molar-refractivity contribution in [3.8, 4) is 0 Å². The zero-order chi connectivity index (χ0) is 12.3. The summed E-state index contributed by atoms with van der Waals surface area (Å²) in [4.78, 5) is 16.9. The van der Waals surface area contributed by atoms with E-state index in [1.807, 2.05) is 37.3 Å². The van der Waals surface area contributed by atoms with Gasteiger partial charge in [0.25, 0.3) is 0 Å². The molecule has 2 rings (SSSR count). The third kappa shape index (κ3) is 2.30. The van der Waals surface area contributed by atoms with E-state index in [1.165, 1.54) is 0 Å². The third-order valence-corrected chi connectivity index (χ3v) is 2.74. The van der Waals surface area contributed by atoms with Crippen LogP contribution in [0.5, 0.6) is 0 Å². The molecule has 0 amide bonds. The lowest BCUT2D eigenvalue weighted by molar-refractivity contribution is -0.155. The summed E-state index contributed by atoms with van der Waals surface area (Å²) in [5.41, 5.74) is 1.82. The van der Waals surface area contributed by atoms with Crippen molar-refractivity contribution in [2.24, 2.45) is 5.16 Å². The summed E-state index contributed by atoms with van der Waals surface area (Å²) in [6, 6.07) is 9.73. The van der Waals surface area contributed by atoms with Crippen LogP contribution in [0.1, 0.15) is 25.3 Å². The van der Waals surface area contributed by atoms with Gasteiger partial charge in [0.2, 0.25) is 6.10 Å². The molecule has 1 aliphatic heterocycles. The molecule has 1 aliphatic rings. The summed E-state index contributed by atoms with van der Waals surface area (Å²) in [6.07, 6.45) is -0.655. The van der Waals surface area contributed by atoms with E-state index in [4.69, 9.17) is 9.57 Å². The van der Waals surface area contributed by atoms with E-state index < -0.39 is 6.10 Å². The minimum Gasteiger partial charge on any atom is -0.463 e. The maximum absolute atomic E-state index is 11.8. The Labute approximate surface area is 100 Å². The van der Waals surface area contributed by atoms with Crippen LogP contribution in [0.2, 0.25) is 0 Å². The van der Waals surface area contributed by atoms with Gasteiger partial charge < -0.3 is 9.57 Å². The van der Waals surface area contributed by atoms with E-state index in [9.17, 15) is 4.79 Å². The lowest BCUT2D eigenvalue weighted by Gasteiger charge is -2.16. The van der Waals surface area contributed by atoms with Crippen LogP contribution in [0, 0.1) is 0 Å². The minimum absolute atomic E-state index is 0.143. The van der Waals surface area contributed by atoms with Gasteiger partial charge in [-0.1, -0.05) is 35.5 Å². The average molecular weight is 233 g/mol. The van der Waals surface area contributed by atoms with E-state index in [1.54, 1.807) is 6.92 Å². The number of nitrogens with zero attached hydrogens (tertiary/aromatic N) is 1. The molecule has 0 N–H and O–H groups in total. The Hall–Kier alpha value is -1.84. The third-order valence-electron chi connectivity index (χ3n) is 2.74. The van der Waals surface area contributed by atoms with Gasteiger partial charge in [0.1, 0.15) is 0 Å². The Kier molecular flexibility index (Phi) is 3.42. The second kappa shape index (κ2) is 4.99. The van der Waals surface area contributed by atoms with E-state index in [0.29, 0.717) is 6.61 Å². The molecular weight excluding hydrogens is 218 g/mol. The van der Waals surface area contributed by atoms with Crippen LogP contribution < -0.4 is 0 Å². The van der Waals surface area contributed by atoms with E-state index >= 15 is 0 Å². The van der Waals surface area contributed by atoms with Crippen molar-refractivity contribution in [2.75, 3.05) is 6.61 Å². The van der Waals surface area contributed by atoms with Crippen molar-refractivity contribution in [2.45, 2.75) is 25.9 Å². The predicted molar refractivity (Wildman–Crippen MR) is 63.8 cm³/mol. The maximum Gasteiger partial charge on any atom is 0.351 e. The Morgan fingerprint density at radius 2 is 2.12 bits per heavy atom. The molecule has 0 radical (unpaired) electrons. The van der Waals surface area contributed by atoms with Gasteiger partial charge in [-0.05, 0) is 19.4 Å². The molecule has 1 heterocycles. The number of carbonyl (C=O) groups excluding carboxylic acids is 1. The molecule has 0 bridgehead atoms. The fourth-order valence-corrected chi connectivity index (χ4v) is 1.96. The smallest absolute Gasteiger partial charge is 0.351 e. The molecule has 1 aromatic carbocycles. The Bertz CT molecular complexity index is 428. The number of esters is 1. The van der Waals surface area contributed by atoms with Crippen molar-refractivity contribution in [3.63, 3.8) is 0 Å². The molecule has 0 saturated carbocycles. The Morgan fingerprint density at radius 3 is 2.76 bits per heavy atom. The monoisotopic (exact) mass is 233 g/mol. The second-order valence-corrected chi connectivity index (χ2v) is 3.90. The van der Waals surface area contributed by atoms with Gasteiger partial charge in [-0.25, -0.2) is 4.79 Å². The van der Waals surface area contributed by atoms with Crippen LogP contribution in [0.15, 0.2) is 35.5 Å².